The van der Waals surface area contributed by atoms with Gasteiger partial charge in [-0.15, -0.1) is 0 Å². The Morgan fingerprint density at radius 3 is 2.59 bits per heavy atom. The lowest BCUT2D eigenvalue weighted by Gasteiger charge is -2.21. The minimum atomic E-state index is -0.249. The summed E-state index contributed by atoms with van der Waals surface area (Å²) in [4.78, 5) is 18.8. The fourth-order valence-corrected chi connectivity index (χ4v) is 2.84. The van der Waals surface area contributed by atoms with Crippen LogP contribution in [0.5, 0.6) is 0 Å². The van der Waals surface area contributed by atoms with Crippen LogP contribution in [0.25, 0.3) is 0 Å². The Morgan fingerprint density at radius 1 is 1.11 bits per heavy atom. The summed E-state index contributed by atoms with van der Waals surface area (Å²) in [5, 5.41) is 3.12. The molecule has 4 nitrogen and oxygen atoms in total. The standard InChI is InChI=1S/C22H22FN3O/c1-3-26(19-9-6-7-16(2)13-19)22(27)21-12-11-18(15-25-21)24-14-17-8-4-5-10-20(17)23/h4-13,15,24H,3,14H2,1-2H3. The average molecular weight is 363 g/mol. The smallest absolute Gasteiger partial charge is 0.276 e. The van der Waals surface area contributed by atoms with Crippen LogP contribution in [0.1, 0.15) is 28.5 Å². The molecule has 1 amide bonds. The number of benzene rings is 2. The van der Waals surface area contributed by atoms with Crippen LogP contribution >= 0.6 is 0 Å². The van der Waals surface area contributed by atoms with Crippen molar-refractivity contribution in [2.24, 2.45) is 0 Å². The number of pyridine rings is 1. The van der Waals surface area contributed by atoms with Gasteiger partial charge in [0.2, 0.25) is 0 Å². The highest BCUT2D eigenvalue weighted by Crippen LogP contribution is 2.19. The molecule has 1 N–H and O–H groups in total. The number of aryl methyl sites for hydroxylation is 1. The van der Waals surface area contributed by atoms with Crippen molar-refractivity contribution < 1.29 is 9.18 Å². The summed E-state index contributed by atoms with van der Waals surface area (Å²) in [6.07, 6.45) is 1.60. The third kappa shape index (κ3) is 4.50. The van der Waals surface area contributed by atoms with E-state index < -0.39 is 0 Å². The molecule has 0 fully saturated rings. The monoisotopic (exact) mass is 363 g/mol. The molecular formula is C22H22FN3O. The summed E-state index contributed by atoms with van der Waals surface area (Å²) in [6.45, 7) is 4.84. The van der Waals surface area contributed by atoms with Gasteiger partial charge < -0.3 is 10.2 Å². The molecule has 0 atom stereocenters. The van der Waals surface area contributed by atoms with E-state index in [1.165, 1.54) is 6.07 Å². The Labute approximate surface area is 158 Å². The normalized spacial score (nSPS) is 10.5. The highest BCUT2D eigenvalue weighted by molar-refractivity contribution is 6.04. The summed E-state index contributed by atoms with van der Waals surface area (Å²) in [5.74, 6) is -0.398. The summed E-state index contributed by atoms with van der Waals surface area (Å²) in [5.41, 5.74) is 3.63. The van der Waals surface area contributed by atoms with E-state index in [0.29, 0.717) is 24.3 Å². The first-order valence-electron chi connectivity index (χ1n) is 8.90. The molecule has 1 heterocycles. The number of nitrogens with one attached hydrogen (secondary N) is 1. The van der Waals surface area contributed by atoms with Crippen LogP contribution in [0.3, 0.4) is 0 Å². The molecule has 0 radical (unpaired) electrons. The highest BCUT2D eigenvalue weighted by atomic mass is 19.1. The molecule has 0 saturated carbocycles. The first kappa shape index (κ1) is 18.6. The van der Waals surface area contributed by atoms with Crippen molar-refractivity contribution in [1.82, 2.24) is 4.98 Å². The molecule has 0 bridgehead atoms. The quantitative estimate of drug-likeness (QED) is 0.684. The number of anilines is 2. The van der Waals surface area contributed by atoms with Gasteiger partial charge >= 0.3 is 0 Å². The first-order valence-corrected chi connectivity index (χ1v) is 8.90. The molecule has 3 rings (SSSR count). The van der Waals surface area contributed by atoms with Crippen LogP contribution < -0.4 is 10.2 Å². The predicted octanol–water partition coefficient (Wildman–Crippen LogP) is 4.81. The zero-order valence-corrected chi connectivity index (χ0v) is 15.4. The van der Waals surface area contributed by atoms with E-state index in [1.807, 2.05) is 38.1 Å². The number of carbonyl (C=O) groups excluding carboxylic acids is 1. The summed E-state index contributed by atoms with van der Waals surface area (Å²) < 4.78 is 13.7. The van der Waals surface area contributed by atoms with Gasteiger partial charge in [-0.25, -0.2) is 9.37 Å². The number of amides is 1. The molecule has 0 unspecified atom stereocenters. The Hall–Kier alpha value is -3.21. The maximum Gasteiger partial charge on any atom is 0.276 e. The molecule has 0 aliphatic carbocycles. The summed E-state index contributed by atoms with van der Waals surface area (Å²) in [7, 11) is 0. The van der Waals surface area contributed by atoms with Crippen LogP contribution in [0.2, 0.25) is 0 Å². The van der Waals surface area contributed by atoms with Gasteiger partial charge in [0.25, 0.3) is 5.91 Å². The number of nitrogens with zero attached hydrogens (tertiary/aromatic N) is 2. The van der Waals surface area contributed by atoms with E-state index in [2.05, 4.69) is 10.3 Å². The first-order chi connectivity index (χ1) is 13.1. The molecule has 2 aromatic carbocycles. The highest BCUT2D eigenvalue weighted by Gasteiger charge is 2.17. The van der Waals surface area contributed by atoms with Gasteiger partial charge in [-0.2, -0.15) is 0 Å². The molecule has 1 aromatic heterocycles. The van der Waals surface area contributed by atoms with Crippen LogP contribution in [-0.2, 0) is 6.54 Å². The van der Waals surface area contributed by atoms with E-state index in [4.69, 9.17) is 0 Å². The van der Waals surface area contributed by atoms with Crippen LogP contribution in [0.15, 0.2) is 66.9 Å². The molecule has 5 heteroatoms. The van der Waals surface area contributed by atoms with Gasteiger partial charge in [-0.1, -0.05) is 30.3 Å². The zero-order valence-electron chi connectivity index (χ0n) is 15.4. The predicted molar refractivity (Wildman–Crippen MR) is 106 cm³/mol. The Kier molecular flexibility index (Phi) is 5.81. The molecule has 138 valence electrons. The van der Waals surface area contributed by atoms with Gasteiger partial charge in [-0.3, -0.25) is 4.79 Å². The number of aromatic nitrogens is 1. The van der Waals surface area contributed by atoms with Crippen molar-refractivity contribution in [3.8, 4) is 0 Å². The minimum Gasteiger partial charge on any atom is -0.380 e. The van der Waals surface area contributed by atoms with Gasteiger partial charge in [-0.05, 0) is 49.7 Å². The second-order valence-corrected chi connectivity index (χ2v) is 6.27. The van der Waals surface area contributed by atoms with E-state index in [1.54, 1.807) is 41.4 Å². The topological polar surface area (TPSA) is 45.2 Å². The summed E-state index contributed by atoms with van der Waals surface area (Å²) >= 11 is 0. The van der Waals surface area contributed by atoms with E-state index >= 15 is 0 Å². The number of carbonyl (C=O) groups is 1. The van der Waals surface area contributed by atoms with Gasteiger partial charge in [0.05, 0.1) is 11.9 Å². The Balaban J connectivity index is 1.70. The van der Waals surface area contributed by atoms with E-state index in [9.17, 15) is 9.18 Å². The van der Waals surface area contributed by atoms with Crippen LogP contribution in [0.4, 0.5) is 15.8 Å². The van der Waals surface area contributed by atoms with E-state index in [0.717, 1.165) is 16.9 Å². The number of hydrogen-bond acceptors (Lipinski definition) is 3. The molecular weight excluding hydrogens is 341 g/mol. The summed E-state index contributed by atoms with van der Waals surface area (Å²) in [6, 6.07) is 17.9. The molecule has 0 aliphatic rings. The molecule has 3 aromatic rings. The van der Waals surface area contributed by atoms with Crippen molar-refractivity contribution in [3.63, 3.8) is 0 Å². The van der Waals surface area contributed by atoms with Crippen molar-refractivity contribution in [1.29, 1.82) is 0 Å². The SMILES string of the molecule is CCN(C(=O)c1ccc(NCc2ccccc2F)cn1)c1cccc(C)c1. The van der Waals surface area contributed by atoms with Gasteiger partial charge in [0.1, 0.15) is 11.5 Å². The zero-order chi connectivity index (χ0) is 19.2. The van der Waals surface area contributed by atoms with Gasteiger partial charge in [0, 0.05) is 24.3 Å². The van der Waals surface area contributed by atoms with Crippen molar-refractivity contribution >= 4 is 17.3 Å². The number of rotatable bonds is 6. The molecule has 0 saturated heterocycles. The van der Waals surface area contributed by atoms with Crippen molar-refractivity contribution in [2.75, 3.05) is 16.8 Å². The van der Waals surface area contributed by atoms with E-state index in [-0.39, 0.29) is 11.7 Å². The Bertz CT molecular complexity index is 925. The van der Waals surface area contributed by atoms with Crippen LogP contribution in [-0.4, -0.2) is 17.4 Å². The third-order valence-electron chi connectivity index (χ3n) is 4.30. The van der Waals surface area contributed by atoms with Gasteiger partial charge in [0.15, 0.2) is 0 Å². The van der Waals surface area contributed by atoms with Crippen molar-refractivity contribution in [2.45, 2.75) is 20.4 Å². The maximum absolute atomic E-state index is 13.7. The lowest BCUT2D eigenvalue weighted by Crippen LogP contribution is -2.31. The Morgan fingerprint density at radius 2 is 1.93 bits per heavy atom. The fourth-order valence-electron chi connectivity index (χ4n) is 2.84. The lowest BCUT2D eigenvalue weighted by molar-refractivity contribution is 0.0983. The van der Waals surface area contributed by atoms with Crippen molar-refractivity contribution in [3.05, 3.63) is 89.5 Å². The maximum atomic E-state index is 13.7. The average Bonchev–Trinajstić information content (AvgIpc) is 2.68. The molecule has 0 spiro atoms. The number of hydrogen-bond donors (Lipinski definition) is 1. The minimum absolute atomic E-state index is 0.149. The molecule has 27 heavy (non-hydrogen) atoms. The second kappa shape index (κ2) is 8.45. The lowest BCUT2D eigenvalue weighted by atomic mass is 10.2. The number of halogens is 1. The third-order valence-corrected chi connectivity index (χ3v) is 4.30. The molecule has 0 aliphatic heterocycles. The van der Waals surface area contributed by atoms with Crippen LogP contribution in [0, 0.1) is 12.7 Å². The largest absolute Gasteiger partial charge is 0.380 e. The second-order valence-electron chi connectivity index (χ2n) is 6.27. The fraction of sp³-hybridized carbons (Fsp3) is 0.182.